The van der Waals surface area contributed by atoms with Gasteiger partial charge in [-0.2, -0.15) is 0 Å². The molecule has 7 nitrogen and oxygen atoms in total. The van der Waals surface area contributed by atoms with E-state index in [1.54, 1.807) is 24.4 Å². The Labute approximate surface area is 152 Å². The van der Waals surface area contributed by atoms with Crippen LogP contribution in [0.5, 0.6) is 11.5 Å². The second-order valence-corrected chi connectivity index (χ2v) is 6.46. The number of rotatable bonds is 5. The summed E-state index contributed by atoms with van der Waals surface area (Å²) in [6.07, 6.45) is 2.42. The average molecular weight is 357 g/mol. The fourth-order valence-electron chi connectivity index (χ4n) is 3.18. The number of methoxy groups -OCH3 is 1. The maximum Gasteiger partial charge on any atom is 0.348 e. The minimum atomic E-state index is -1.28. The zero-order valence-corrected chi connectivity index (χ0v) is 15.2. The number of piperidine rings is 1. The van der Waals surface area contributed by atoms with Crippen LogP contribution in [-0.4, -0.2) is 46.8 Å². The molecule has 1 aliphatic heterocycles. The molecular formula is C19H23N3O4. The van der Waals surface area contributed by atoms with E-state index in [-0.39, 0.29) is 0 Å². The van der Waals surface area contributed by atoms with Gasteiger partial charge in [-0.3, -0.25) is 4.98 Å². The van der Waals surface area contributed by atoms with Gasteiger partial charge in [0.25, 0.3) is 0 Å². The first-order chi connectivity index (χ1) is 12.4. The van der Waals surface area contributed by atoms with Gasteiger partial charge in [-0.1, -0.05) is 12.1 Å². The minimum Gasteiger partial charge on any atom is -0.493 e. The van der Waals surface area contributed by atoms with Crippen LogP contribution in [0.1, 0.15) is 24.2 Å². The first-order valence-electron chi connectivity index (χ1n) is 8.56. The van der Waals surface area contributed by atoms with E-state index in [9.17, 15) is 9.90 Å². The van der Waals surface area contributed by atoms with Crippen molar-refractivity contribution in [2.75, 3.05) is 25.1 Å². The molecule has 1 aromatic carbocycles. The van der Waals surface area contributed by atoms with Crippen LogP contribution in [0.25, 0.3) is 0 Å². The molecule has 0 bridgehead atoms. The Bertz CT molecular complexity index is 801. The monoisotopic (exact) mass is 357 g/mol. The number of carboxylic acid groups (broad SMARTS) is 1. The number of aryl methyl sites for hydroxylation is 2. The lowest BCUT2D eigenvalue weighted by Gasteiger charge is -2.39. The summed E-state index contributed by atoms with van der Waals surface area (Å²) in [5, 5.41) is 9.86. The van der Waals surface area contributed by atoms with Crippen molar-refractivity contribution in [3.05, 3.63) is 41.9 Å². The van der Waals surface area contributed by atoms with Crippen LogP contribution in [0.3, 0.4) is 0 Å². The number of hydrogen-bond acceptors (Lipinski definition) is 6. The van der Waals surface area contributed by atoms with Crippen LogP contribution in [0.4, 0.5) is 5.82 Å². The first kappa shape index (κ1) is 18.0. The van der Waals surface area contributed by atoms with Gasteiger partial charge in [0, 0.05) is 32.1 Å². The SMILES string of the molecule is COc1ccccc1OC1(C(=O)O)CCN(c2nc(C)cnc2C)CC1. The summed E-state index contributed by atoms with van der Waals surface area (Å²) in [6, 6.07) is 7.10. The van der Waals surface area contributed by atoms with Gasteiger partial charge in [-0.05, 0) is 26.0 Å². The van der Waals surface area contributed by atoms with Crippen LogP contribution in [0.15, 0.2) is 30.5 Å². The summed E-state index contributed by atoms with van der Waals surface area (Å²) in [5.41, 5.74) is 0.394. The zero-order valence-electron chi connectivity index (χ0n) is 15.2. The van der Waals surface area contributed by atoms with Crippen molar-refractivity contribution in [1.82, 2.24) is 9.97 Å². The number of ether oxygens (including phenoxy) is 2. The van der Waals surface area contributed by atoms with Gasteiger partial charge < -0.3 is 19.5 Å². The summed E-state index contributed by atoms with van der Waals surface area (Å²) < 4.78 is 11.3. The van der Waals surface area contributed by atoms with E-state index in [0.717, 1.165) is 17.2 Å². The van der Waals surface area contributed by atoms with Crippen molar-refractivity contribution in [3.63, 3.8) is 0 Å². The maximum atomic E-state index is 12.0. The normalized spacial score (nSPS) is 16.2. The highest BCUT2D eigenvalue weighted by Gasteiger charge is 2.45. The molecule has 3 rings (SSSR count). The van der Waals surface area contributed by atoms with Gasteiger partial charge in [0.05, 0.1) is 18.5 Å². The Morgan fingerprint density at radius 3 is 2.46 bits per heavy atom. The third-order valence-corrected chi connectivity index (χ3v) is 4.69. The predicted molar refractivity (Wildman–Crippen MR) is 96.9 cm³/mol. The number of benzene rings is 1. The summed E-state index contributed by atoms with van der Waals surface area (Å²) in [4.78, 5) is 23.0. The van der Waals surface area contributed by atoms with E-state index < -0.39 is 11.6 Å². The highest BCUT2D eigenvalue weighted by Crippen LogP contribution is 2.35. The van der Waals surface area contributed by atoms with E-state index in [4.69, 9.17) is 9.47 Å². The van der Waals surface area contributed by atoms with E-state index >= 15 is 0 Å². The first-order valence-corrected chi connectivity index (χ1v) is 8.56. The molecule has 1 N–H and O–H groups in total. The van der Waals surface area contributed by atoms with Gasteiger partial charge in [0.1, 0.15) is 5.82 Å². The Hall–Kier alpha value is -2.83. The van der Waals surface area contributed by atoms with E-state index in [1.165, 1.54) is 7.11 Å². The molecule has 0 radical (unpaired) electrons. The Balaban J connectivity index is 1.81. The molecule has 1 fully saturated rings. The molecule has 0 spiro atoms. The molecule has 0 amide bonds. The fourth-order valence-corrected chi connectivity index (χ4v) is 3.18. The standard InChI is InChI=1S/C19H23N3O4/c1-13-12-20-14(2)17(21-13)22-10-8-19(9-11-22,18(23)24)26-16-7-5-4-6-15(16)25-3/h4-7,12H,8-11H2,1-3H3,(H,23,24). The summed E-state index contributed by atoms with van der Waals surface area (Å²) >= 11 is 0. The molecule has 7 heteroatoms. The lowest BCUT2D eigenvalue weighted by Crippen LogP contribution is -2.53. The van der Waals surface area contributed by atoms with Crippen LogP contribution < -0.4 is 14.4 Å². The van der Waals surface area contributed by atoms with Crippen LogP contribution in [-0.2, 0) is 4.79 Å². The topological polar surface area (TPSA) is 84.8 Å². The summed E-state index contributed by atoms with van der Waals surface area (Å²) in [7, 11) is 1.54. The molecule has 1 saturated heterocycles. The molecule has 2 heterocycles. The van der Waals surface area contributed by atoms with Gasteiger partial charge in [0.15, 0.2) is 11.5 Å². The van der Waals surface area contributed by atoms with E-state index in [1.807, 2.05) is 19.9 Å². The number of carboxylic acids is 1. The lowest BCUT2D eigenvalue weighted by atomic mass is 9.91. The van der Waals surface area contributed by atoms with Crippen molar-refractivity contribution < 1.29 is 19.4 Å². The fraction of sp³-hybridized carbons (Fsp3) is 0.421. The second-order valence-electron chi connectivity index (χ2n) is 6.46. The largest absolute Gasteiger partial charge is 0.493 e. The maximum absolute atomic E-state index is 12.0. The third kappa shape index (κ3) is 3.42. The predicted octanol–water partition coefficient (Wildman–Crippen LogP) is 2.60. The quantitative estimate of drug-likeness (QED) is 0.880. The Morgan fingerprint density at radius 1 is 1.19 bits per heavy atom. The molecule has 1 aromatic heterocycles. The Morgan fingerprint density at radius 2 is 1.85 bits per heavy atom. The van der Waals surface area contributed by atoms with Gasteiger partial charge in [-0.25, -0.2) is 9.78 Å². The van der Waals surface area contributed by atoms with Gasteiger partial charge in [0.2, 0.25) is 5.60 Å². The smallest absolute Gasteiger partial charge is 0.348 e. The van der Waals surface area contributed by atoms with E-state index in [0.29, 0.717) is 37.4 Å². The molecule has 0 aliphatic carbocycles. The zero-order chi connectivity index (χ0) is 18.7. The van der Waals surface area contributed by atoms with E-state index in [2.05, 4.69) is 14.9 Å². The number of anilines is 1. The molecule has 26 heavy (non-hydrogen) atoms. The van der Waals surface area contributed by atoms with Crippen molar-refractivity contribution in [1.29, 1.82) is 0 Å². The highest BCUT2D eigenvalue weighted by atomic mass is 16.5. The second kappa shape index (κ2) is 7.19. The highest BCUT2D eigenvalue weighted by molar-refractivity contribution is 5.78. The van der Waals surface area contributed by atoms with Gasteiger partial charge >= 0.3 is 5.97 Å². The molecule has 0 unspecified atom stereocenters. The lowest BCUT2D eigenvalue weighted by molar-refractivity contribution is -0.157. The number of nitrogens with zero attached hydrogens (tertiary/aromatic N) is 3. The van der Waals surface area contributed by atoms with Gasteiger partial charge in [-0.15, -0.1) is 0 Å². The summed E-state index contributed by atoms with van der Waals surface area (Å²) in [5.74, 6) is 0.810. The summed E-state index contributed by atoms with van der Waals surface area (Å²) in [6.45, 7) is 4.86. The molecule has 0 saturated carbocycles. The van der Waals surface area contributed by atoms with Crippen molar-refractivity contribution in [3.8, 4) is 11.5 Å². The average Bonchev–Trinajstić information content (AvgIpc) is 2.65. The molecule has 0 atom stereocenters. The number of carbonyl (C=O) groups is 1. The number of para-hydroxylation sites is 2. The molecule has 1 aliphatic rings. The van der Waals surface area contributed by atoms with Crippen LogP contribution in [0.2, 0.25) is 0 Å². The molecular weight excluding hydrogens is 334 g/mol. The number of aliphatic carboxylic acids is 1. The van der Waals surface area contributed by atoms with Crippen LogP contribution >= 0.6 is 0 Å². The van der Waals surface area contributed by atoms with Crippen molar-refractivity contribution in [2.24, 2.45) is 0 Å². The Kier molecular flexibility index (Phi) is 4.97. The molecule has 2 aromatic rings. The number of hydrogen-bond donors (Lipinski definition) is 1. The van der Waals surface area contributed by atoms with Crippen molar-refractivity contribution >= 4 is 11.8 Å². The minimum absolute atomic E-state index is 0.343. The van der Waals surface area contributed by atoms with Crippen molar-refractivity contribution in [2.45, 2.75) is 32.3 Å². The molecule has 138 valence electrons. The van der Waals surface area contributed by atoms with Crippen LogP contribution in [0, 0.1) is 13.8 Å². The third-order valence-electron chi connectivity index (χ3n) is 4.69. The number of aromatic nitrogens is 2.